The first-order chi connectivity index (χ1) is 13.2. The Morgan fingerprint density at radius 1 is 0.889 bits per heavy atom. The maximum absolute atomic E-state index is 13.2. The second-order valence-corrected chi connectivity index (χ2v) is 7.35. The molecule has 1 aliphatic heterocycles. The van der Waals surface area contributed by atoms with Crippen LogP contribution in [0.1, 0.15) is 34.7 Å². The van der Waals surface area contributed by atoms with E-state index in [1.54, 1.807) is 0 Å². The van der Waals surface area contributed by atoms with Gasteiger partial charge in [-0.3, -0.25) is 4.79 Å². The lowest BCUT2D eigenvalue weighted by Crippen LogP contribution is -2.40. The molecular weight excluding hydrogens is 354 g/mol. The molecule has 27 heavy (non-hydrogen) atoms. The summed E-state index contributed by atoms with van der Waals surface area (Å²) in [4.78, 5) is 15.2. The number of amides is 1. The van der Waals surface area contributed by atoms with Crippen LogP contribution in [-0.4, -0.2) is 17.4 Å². The van der Waals surface area contributed by atoms with Crippen LogP contribution < -0.4 is 0 Å². The van der Waals surface area contributed by atoms with Crippen molar-refractivity contribution in [3.05, 3.63) is 106 Å². The van der Waals surface area contributed by atoms with Crippen molar-refractivity contribution in [3.63, 3.8) is 0 Å². The third-order valence-electron chi connectivity index (χ3n) is 5.27. The lowest BCUT2D eigenvalue weighted by molar-refractivity contribution is -0.133. The van der Waals surface area contributed by atoms with Gasteiger partial charge in [-0.15, -0.1) is 0 Å². The fourth-order valence-electron chi connectivity index (χ4n) is 3.91. The van der Waals surface area contributed by atoms with Gasteiger partial charge in [-0.2, -0.15) is 0 Å². The van der Waals surface area contributed by atoms with Gasteiger partial charge in [0.25, 0.3) is 0 Å². The van der Waals surface area contributed by atoms with Crippen molar-refractivity contribution in [3.8, 4) is 0 Å². The van der Waals surface area contributed by atoms with Crippen LogP contribution in [0.25, 0.3) is 0 Å². The molecule has 0 bridgehead atoms. The van der Waals surface area contributed by atoms with E-state index in [1.165, 1.54) is 16.7 Å². The third kappa shape index (κ3) is 3.77. The van der Waals surface area contributed by atoms with E-state index >= 15 is 0 Å². The summed E-state index contributed by atoms with van der Waals surface area (Å²) in [5, 5.41) is 0.708. The molecule has 0 unspecified atom stereocenters. The molecule has 0 spiro atoms. The van der Waals surface area contributed by atoms with Gasteiger partial charge in [-0.1, -0.05) is 84.4 Å². The minimum atomic E-state index is -0.119. The average molecular weight is 376 g/mol. The summed E-state index contributed by atoms with van der Waals surface area (Å²) in [5.74, 6) is 0.179. The largest absolute Gasteiger partial charge is 0.331 e. The highest BCUT2D eigenvalue weighted by Gasteiger charge is 2.32. The van der Waals surface area contributed by atoms with E-state index in [2.05, 4.69) is 30.3 Å². The Hall–Kier alpha value is -2.58. The molecule has 0 N–H and O–H groups in total. The van der Waals surface area contributed by atoms with Gasteiger partial charge in [0, 0.05) is 18.0 Å². The molecule has 0 saturated heterocycles. The van der Waals surface area contributed by atoms with Gasteiger partial charge in [0.15, 0.2) is 0 Å². The number of aryl methyl sites for hydroxylation is 1. The van der Waals surface area contributed by atoms with E-state index in [0.29, 0.717) is 11.4 Å². The van der Waals surface area contributed by atoms with E-state index in [0.717, 1.165) is 24.9 Å². The maximum atomic E-state index is 13.2. The molecule has 3 heteroatoms. The smallest absolute Gasteiger partial charge is 0.223 e. The summed E-state index contributed by atoms with van der Waals surface area (Å²) in [6.45, 7) is 0.723. The fraction of sp³-hybridized carbons (Fsp3) is 0.208. The van der Waals surface area contributed by atoms with E-state index in [1.807, 2.05) is 53.4 Å². The number of benzene rings is 3. The van der Waals surface area contributed by atoms with Crippen molar-refractivity contribution in [1.29, 1.82) is 0 Å². The van der Waals surface area contributed by atoms with Crippen molar-refractivity contribution in [2.75, 3.05) is 6.54 Å². The number of carbonyl (C=O) groups excluding carboxylic acids is 1. The van der Waals surface area contributed by atoms with E-state index < -0.39 is 0 Å². The Balaban J connectivity index is 1.64. The van der Waals surface area contributed by atoms with Gasteiger partial charge in [-0.05, 0) is 41.2 Å². The number of halogens is 1. The Morgan fingerprint density at radius 3 is 2.33 bits per heavy atom. The first kappa shape index (κ1) is 17.8. The van der Waals surface area contributed by atoms with Crippen molar-refractivity contribution in [2.24, 2.45) is 0 Å². The summed E-state index contributed by atoms with van der Waals surface area (Å²) in [6.07, 6.45) is 2.15. The molecule has 1 atom stereocenters. The van der Waals surface area contributed by atoms with Crippen molar-refractivity contribution >= 4 is 17.5 Å². The molecule has 0 aliphatic carbocycles. The minimum absolute atomic E-state index is 0.119. The Kier molecular flexibility index (Phi) is 5.26. The fourth-order valence-corrected chi connectivity index (χ4v) is 4.15. The molecule has 2 nitrogen and oxygen atoms in total. The van der Waals surface area contributed by atoms with Crippen LogP contribution >= 0.6 is 11.6 Å². The van der Waals surface area contributed by atoms with Crippen molar-refractivity contribution in [2.45, 2.75) is 25.3 Å². The van der Waals surface area contributed by atoms with E-state index in [-0.39, 0.29) is 11.9 Å². The van der Waals surface area contributed by atoms with Gasteiger partial charge in [0.2, 0.25) is 5.91 Å². The molecule has 3 aromatic carbocycles. The van der Waals surface area contributed by atoms with Crippen molar-refractivity contribution in [1.82, 2.24) is 4.90 Å². The predicted molar refractivity (Wildman–Crippen MR) is 110 cm³/mol. The average Bonchev–Trinajstić information content (AvgIpc) is 2.72. The highest BCUT2D eigenvalue weighted by atomic mass is 35.5. The quantitative estimate of drug-likeness (QED) is 0.594. The maximum Gasteiger partial charge on any atom is 0.223 e. The Morgan fingerprint density at radius 2 is 1.56 bits per heavy atom. The Bertz CT molecular complexity index is 938. The lowest BCUT2D eigenvalue weighted by Gasteiger charge is -2.38. The highest BCUT2D eigenvalue weighted by Crippen LogP contribution is 2.38. The number of hydrogen-bond donors (Lipinski definition) is 0. The zero-order valence-corrected chi connectivity index (χ0v) is 15.9. The van der Waals surface area contributed by atoms with Crippen LogP contribution in [0.15, 0.2) is 78.9 Å². The molecule has 0 fully saturated rings. The zero-order chi connectivity index (χ0) is 18.6. The number of hydrogen-bond acceptors (Lipinski definition) is 1. The number of carbonyl (C=O) groups is 1. The molecule has 136 valence electrons. The second kappa shape index (κ2) is 7.98. The summed E-state index contributed by atoms with van der Waals surface area (Å²) < 4.78 is 0. The second-order valence-electron chi connectivity index (χ2n) is 6.95. The van der Waals surface area contributed by atoms with Gasteiger partial charge in [0.05, 0.1) is 6.04 Å². The van der Waals surface area contributed by atoms with Crippen molar-refractivity contribution < 1.29 is 4.79 Å². The van der Waals surface area contributed by atoms with Crippen LogP contribution in [0, 0.1) is 0 Å². The zero-order valence-electron chi connectivity index (χ0n) is 15.1. The van der Waals surface area contributed by atoms with Gasteiger partial charge in [-0.25, -0.2) is 0 Å². The standard InChI is InChI=1S/C24H22ClNO/c25-22-13-7-6-12-21(22)24-20-11-5-4-10-19(20)16-17-26(24)23(27)15-14-18-8-2-1-3-9-18/h1-13,24H,14-17H2/t24-/m1/s1. The first-order valence-electron chi connectivity index (χ1n) is 9.39. The highest BCUT2D eigenvalue weighted by molar-refractivity contribution is 6.31. The molecule has 0 saturated carbocycles. The SMILES string of the molecule is O=C(CCc1ccccc1)N1CCc2ccccc2[C@@H]1c1ccccc1Cl. The van der Waals surface area contributed by atoms with Crippen LogP contribution in [-0.2, 0) is 17.6 Å². The molecule has 0 radical (unpaired) electrons. The molecule has 4 rings (SSSR count). The summed E-state index contributed by atoms with van der Waals surface area (Å²) in [7, 11) is 0. The Labute approximate surface area is 165 Å². The number of rotatable bonds is 4. The minimum Gasteiger partial charge on any atom is -0.331 e. The summed E-state index contributed by atoms with van der Waals surface area (Å²) in [5.41, 5.74) is 4.68. The predicted octanol–water partition coefficient (Wildman–Crippen LogP) is 5.45. The van der Waals surface area contributed by atoms with Gasteiger partial charge < -0.3 is 4.90 Å². The third-order valence-corrected chi connectivity index (χ3v) is 5.62. The molecule has 3 aromatic rings. The number of nitrogens with zero attached hydrogens (tertiary/aromatic N) is 1. The van der Waals surface area contributed by atoms with Gasteiger partial charge >= 0.3 is 0 Å². The number of fused-ring (bicyclic) bond motifs is 1. The summed E-state index contributed by atoms with van der Waals surface area (Å²) in [6, 6.07) is 26.3. The van der Waals surface area contributed by atoms with E-state index in [4.69, 9.17) is 11.6 Å². The molecule has 1 amide bonds. The summed E-state index contributed by atoms with van der Waals surface area (Å²) >= 11 is 6.53. The normalized spacial score (nSPS) is 16.0. The first-order valence-corrected chi connectivity index (χ1v) is 9.77. The molecule has 1 heterocycles. The molecule has 1 aliphatic rings. The van der Waals surface area contributed by atoms with Crippen LogP contribution in [0.5, 0.6) is 0 Å². The topological polar surface area (TPSA) is 20.3 Å². The van der Waals surface area contributed by atoms with E-state index in [9.17, 15) is 4.79 Å². The molecule has 0 aromatic heterocycles. The lowest BCUT2D eigenvalue weighted by atomic mass is 9.87. The molecular formula is C24H22ClNO. The van der Waals surface area contributed by atoms with Gasteiger partial charge in [0.1, 0.15) is 0 Å². The van der Waals surface area contributed by atoms with Crippen LogP contribution in [0.4, 0.5) is 0 Å². The van der Waals surface area contributed by atoms with Crippen LogP contribution in [0.2, 0.25) is 5.02 Å². The van der Waals surface area contributed by atoms with Crippen LogP contribution in [0.3, 0.4) is 0 Å². The monoisotopic (exact) mass is 375 g/mol.